The fourth-order valence-corrected chi connectivity index (χ4v) is 6.98. The molecule has 0 bridgehead atoms. The summed E-state index contributed by atoms with van der Waals surface area (Å²) in [6.07, 6.45) is 1.54. The Balaban J connectivity index is 0. The summed E-state index contributed by atoms with van der Waals surface area (Å²) in [6.45, 7) is 18.8. The van der Waals surface area contributed by atoms with E-state index in [4.69, 9.17) is 0 Å². The van der Waals surface area contributed by atoms with Crippen LogP contribution in [0.4, 0.5) is 0 Å². The van der Waals surface area contributed by atoms with Crippen LogP contribution in [-0.2, 0) is 0 Å². The molecule has 0 aromatic heterocycles. The van der Waals surface area contributed by atoms with E-state index in [0.717, 1.165) is 0 Å². The van der Waals surface area contributed by atoms with Crippen LogP contribution < -0.4 is 0 Å². The molecule has 0 aliphatic heterocycles. The molecule has 0 aromatic rings. The van der Waals surface area contributed by atoms with Gasteiger partial charge in [0.15, 0.2) is 0 Å². The van der Waals surface area contributed by atoms with E-state index in [1.54, 1.807) is 12.1 Å². The zero-order chi connectivity index (χ0) is 13.9. The van der Waals surface area contributed by atoms with Gasteiger partial charge in [0.05, 0.1) is 0 Å². The predicted molar refractivity (Wildman–Crippen MR) is 90.7 cm³/mol. The van der Waals surface area contributed by atoms with Crippen molar-refractivity contribution in [2.24, 2.45) is 0 Å². The van der Waals surface area contributed by atoms with Gasteiger partial charge in [0.25, 0.3) is 0 Å². The summed E-state index contributed by atoms with van der Waals surface area (Å²) in [4.78, 5) is 0. The topological polar surface area (TPSA) is 0 Å². The highest BCUT2D eigenvalue weighted by molar-refractivity contribution is 6.80. The van der Waals surface area contributed by atoms with Crippen molar-refractivity contribution in [3.63, 3.8) is 0 Å². The van der Waals surface area contributed by atoms with E-state index in [9.17, 15) is 0 Å². The highest BCUT2D eigenvalue weighted by Crippen LogP contribution is 2.28. The van der Waals surface area contributed by atoms with Crippen LogP contribution in [0.1, 0.15) is 48.0 Å². The van der Waals surface area contributed by atoms with E-state index >= 15 is 0 Å². The minimum absolute atomic E-state index is 0.800. The van der Waals surface area contributed by atoms with Gasteiger partial charge in [-0.1, -0.05) is 97.3 Å². The van der Waals surface area contributed by atoms with Gasteiger partial charge in [0.2, 0.25) is 0 Å². The summed E-state index contributed by atoms with van der Waals surface area (Å²) in [5, 5.41) is 0. The fraction of sp³-hybridized carbons (Fsp3) is 1.00. The first-order chi connectivity index (χ1) is 7.95. The van der Waals surface area contributed by atoms with Crippen molar-refractivity contribution in [1.29, 1.82) is 0 Å². The molecule has 0 aliphatic rings. The van der Waals surface area contributed by atoms with Crippen molar-refractivity contribution < 1.29 is 0 Å². The van der Waals surface area contributed by atoms with Crippen LogP contribution in [0.25, 0.3) is 0 Å². The standard InChI is InChI=1S/C13H32Si2.C2H6/c1-7-14(5,8-2)12-11-13-15(6,9-3)10-4;1-2/h7-13H2,1-6H3;1-2H3. The number of hydrogen-bond acceptors (Lipinski definition) is 0. The Labute approximate surface area is 114 Å². The molecular formula is C15H38Si2. The molecule has 17 heavy (non-hydrogen) atoms. The van der Waals surface area contributed by atoms with Gasteiger partial charge in [-0.2, -0.15) is 0 Å². The van der Waals surface area contributed by atoms with Crippen LogP contribution in [-0.4, -0.2) is 16.1 Å². The summed E-state index contributed by atoms with van der Waals surface area (Å²) < 4.78 is 0. The van der Waals surface area contributed by atoms with Crippen molar-refractivity contribution in [1.82, 2.24) is 0 Å². The lowest BCUT2D eigenvalue weighted by Gasteiger charge is -2.28. The molecule has 0 N–H and O–H groups in total. The fourth-order valence-electron chi connectivity index (χ4n) is 2.15. The second-order valence-corrected chi connectivity index (χ2v) is 17.0. The Morgan fingerprint density at radius 2 is 0.824 bits per heavy atom. The maximum Gasteiger partial charge on any atom is 0.0499 e. The van der Waals surface area contributed by atoms with E-state index in [-0.39, 0.29) is 0 Å². The summed E-state index contributed by atoms with van der Waals surface area (Å²) in [7, 11) is -1.60. The summed E-state index contributed by atoms with van der Waals surface area (Å²) in [5.41, 5.74) is 0. The third-order valence-electron chi connectivity index (χ3n) is 4.97. The monoisotopic (exact) mass is 274 g/mol. The van der Waals surface area contributed by atoms with Crippen LogP contribution in [0.5, 0.6) is 0 Å². The largest absolute Gasteiger partial charge is 0.0692 e. The van der Waals surface area contributed by atoms with E-state index in [1.807, 2.05) is 13.8 Å². The quantitative estimate of drug-likeness (QED) is 0.435. The molecule has 0 aromatic carbocycles. The van der Waals surface area contributed by atoms with Crippen molar-refractivity contribution in [2.75, 3.05) is 0 Å². The third-order valence-corrected chi connectivity index (χ3v) is 14.9. The molecule has 0 saturated heterocycles. The van der Waals surface area contributed by atoms with Crippen molar-refractivity contribution in [3.05, 3.63) is 0 Å². The van der Waals surface area contributed by atoms with Gasteiger partial charge < -0.3 is 0 Å². The molecule has 0 fully saturated rings. The Kier molecular flexibility index (Phi) is 12.1. The third kappa shape index (κ3) is 8.20. The zero-order valence-corrected chi connectivity index (χ0v) is 15.9. The maximum atomic E-state index is 2.60. The van der Waals surface area contributed by atoms with Crippen LogP contribution in [0.2, 0.25) is 49.4 Å². The van der Waals surface area contributed by atoms with Gasteiger partial charge in [-0.3, -0.25) is 0 Å². The highest BCUT2D eigenvalue weighted by atomic mass is 28.3. The van der Waals surface area contributed by atoms with E-state index in [1.165, 1.54) is 30.6 Å². The Morgan fingerprint density at radius 1 is 0.588 bits per heavy atom. The van der Waals surface area contributed by atoms with Gasteiger partial charge >= 0.3 is 0 Å². The molecule has 0 saturated carbocycles. The number of hydrogen-bond donors (Lipinski definition) is 0. The van der Waals surface area contributed by atoms with Gasteiger partial charge in [-0.15, -0.1) is 0 Å². The molecule has 0 amide bonds. The first kappa shape index (κ1) is 19.8. The molecule has 0 unspecified atom stereocenters. The predicted octanol–water partition coefficient (Wildman–Crippen LogP) is 6.64. The second kappa shape index (κ2) is 10.4. The smallest absolute Gasteiger partial charge is 0.0499 e. The lowest BCUT2D eigenvalue weighted by atomic mass is 10.6. The van der Waals surface area contributed by atoms with Gasteiger partial charge in [0.1, 0.15) is 0 Å². The lowest BCUT2D eigenvalue weighted by Crippen LogP contribution is -2.31. The summed E-state index contributed by atoms with van der Waals surface area (Å²) in [6, 6.07) is 9.12. The first-order valence-electron chi connectivity index (χ1n) is 7.95. The molecule has 0 atom stereocenters. The van der Waals surface area contributed by atoms with Crippen molar-refractivity contribution >= 4 is 16.1 Å². The Morgan fingerprint density at radius 3 is 1.00 bits per heavy atom. The van der Waals surface area contributed by atoms with Crippen LogP contribution in [0, 0.1) is 0 Å². The first-order valence-corrected chi connectivity index (χ1v) is 14.2. The molecule has 0 rings (SSSR count). The average Bonchev–Trinajstić information content (AvgIpc) is 2.40. The molecule has 0 aliphatic carbocycles. The van der Waals surface area contributed by atoms with E-state index in [2.05, 4.69) is 40.8 Å². The Bertz CT molecular complexity index is 140. The van der Waals surface area contributed by atoms with Crippen LogP contribution >= 0.6 is 0 Å². The average molecular weight is 275 g/mol. The maximum absolute atomic E-state index is 2.60. The highest BCUT2D eigenvalue weighted by Gasteiger charge is 2.26. The minimum Gasteiger partial charge on any atom is -0.0692 e. The Hall–Kier alpha value is 0.434. The minimum atomic E-state index is -0.800. The molecular weight excluding hydrogens is 236 g/mol. The van der Waals surface area contributed by atoms with Crippen molar-refractivity contribution in [3.8, 4) is 0 Å². The number of rotatable bonds is 8. The van der Waals surface area contributed by atoms with Gasteiger partial charge in [-0.05, 0) is 0 Å². The molecule has 0 nitrogen and oxygen atoms in total. The lowest BCUT2D eigenvalue weighted by molar-refractivity contribution is 0.967. The van der Waals surface area contributed by atoms with Crippen LogP contribution in [0.3, 0.4) is 0 Å². The summed E-state index contributed by atoms with van der Waals surface area (Å²) >= 11 is 0. The summed E-state index contributed by atoms with van der Waals surface area (Å²) in [5.74, 6) is 0. The molecule has 2 heteroatoms. The van der Waals surface area contributed by atoms with E-state index < -0.39 is 16.1 Å². The van der Waals surface area contributed by atoms with Gasteiger partial charge in [-0.25, -0.2) is 0 Å². The molecule has 0 spiro atoms. The molecule has 0 heterocycles. The molecule has 106 valence electrons. The second-order valence-electron chi connectivity index (χ2n) is 5.89. The van der Waals surface area contributed by atoms with Gasteiger partial charge in [0, 0.05) is 16.1 Å². The van der Waals surface area contributed by atoms with Crippen molar-refractivity contribution in [2.45, 2.75) is 97.3 Å². The molecule has 0 radical (unpaired) electrons. The zero-order valence-electron chi connectivity index (χ0n) is 13.9. The van der Waals surface area contributed by atoms with Crippen LogP contribution in [0.15, 0.2) is 0 Å². The van der Waals surface area contributed by atoms with E-state index in [0.29, 0.717) is 0 Å². The SMILES string of the molecule is CC.CC[Si](C)(CC)CCC[Si](C)(CC)CC. The normalized spacial score (nSPS) is 12.0.